The van der Waals surface area contributed by atoms with E-state index in [1.807, 2.05) is 12.1 Å². The quantitative estimate of drug-likeness (QED) is 0.763. The molecule has 0 bridgehead atoms. The number of rotatable bonds is 6. The van der Waals surface area contributed by atoms with E-state index in [1.54, 1.807) is 31.2 Å². The van der Waals surface area contributed by atoms with Crippen LogP contribution in [0.3, 0.4) is 0 Å². The molecule has 4 heteroatoms. The summed E-state index contributed by atoms with van der Waals surface area (Å²) in [4.78, 5) is 11.1. The van der Waals surface area contributed by atoms with Gasteiger partial charge in [0.2, 0.25) is 0 Å². The highest BCUT2D eigenvalue weighted by Crippen LogP contribution is 2.14. The molecule has 1 rings (SSSR count). The normalized spacial score (nSPS) is 10.5. The first-order valence-electron chi connectivity index (χ1n) is 5.42. The van der Waals surface area contributed by atoms with Crippen LogP contribution in [0.4, 0.5) is 0 Å². The maximum Gasteiger partial charge on any atom is 0.344 e. The molecule has 0 unspecified atom stereocenters. The molecule has 92 valence electrons. The minimum Gasteiger partial charge on any atom is -0.482 e. The zero-order chi connectivity index (χ0) is 12.5. The van der Waals surface area contributed by atoms with Gasteiger partial charge in [0.25, 0.3) is 0 Å². The lowest BCUT2D eigenvalue weighted by atomic mass is 10.2. The molecule has 0 saturated heterocycles. The Morgan fingerprint density at radius 1 is 1.47 bits per heavy atom. The first kappa shape index (κ1) is 13.3. The summed E-state index contributed by atoms with van der Waals surface area (Å²) in [7, 11) is 0. The van der Waals surface area contributed by atoms with E-state index in [9.17, 15) is 4.79 Å². The first-order valence-corrected chi connectivity index (χ1v) is 5.42. The topological polar surface area (TPSA) is 55.8 Å². The number of carbonyl (C=O) groups excluding carboxylic acids is 1. The lowest BCUT2D eigenvalue weighted by Crippen LogP contribution is -2.14. The highest BCUT2D eigenvalue weighted by atomic mass is 16.6. The molecular weight excluding hydrogens is 220 g/mol. The summed E-state index contributed by atoms with van der Waals surface area (Å²) < 4.78 is 10.0. The van der Waals surface area contributed by atoms with E-state index in [0.717, 1.165) is 5.56 Å². The predicted octanol–water partition coefficient (Wildman–Crippen LogP) is 1.63. The Morgan fingerprint density at radius 3 is 3.00 bits per heavy atom. The van der Waals surface area contributed by atoms with Gasteiger partial charge in [0.05, 0.1) is 13.2 Å². The summed E-state index contributed by atoms with van der Waals surface area (Å²) in [6, 6.07) is 7.24. The van der Waals surface area contributed by atoms with Gasteiger partial charge in [0.1, 0.15) is 5.75 Å². The molecule has 17 heavy (non-hydrogen) atoms. The van der Waals surface area contributed by atoms with Gasteiger partial charge in [-0.25, -0.2) is 4.79 Å². The second-order valence-corrected chi connectivity index (χ2v) is 3.25. The molecule has 0 aliphatic rings. The fourth-order valence-electron chi connectivity index (χ4n) is 1.24. The summed E-state index contributed by atoms with van der Waals surface area (Å²) in [5.74, 6) is 0.210. The average Bonchev–Trinajstić information content (AvgIpc) is 2.35. The molecular formula is C13H16O4. The number of ether oxygens (including phenoxy) is 2. The summed E-state index contributed by atoms with van der Waals surface area (Å²) >= 11 is 0. The zero-order valence-corrected chi connectivity index (χ0v) is 9.76. The molecule has 0 aliphatic carbocycles. The number of esters is 1. The van der Waals surface area contributed by atoms with Crippen molar-refractivity contribution < 1.29 is 19.4 Å². The first-order chi connectivity index (χ1) is 8.26. The molecule has 1 N–H and O–H groups in total. The highest BCUT2D eigenvalue weighted by Gasteiger charge is 2.02. The smallest absolute Gasteiger partial charge is 0.344 e. The summed E-state index contributed by atoms with van der Waals surface area (Å²) in [6.45, 7) is 1.99. The average molecular weight is 236 g/mol. The van der Waals surface area contributed by atoms with Crippen molar-refractivity contribution in [1.82, 2.24) is 0 Å². The van der Waals surface area contributed by atoms with E-state index in [2.05, 4.69) is 0 Å². The van der Waals surface area contributed by atoms with Crippen molar-refractivity contribution in [3.05, 3.63) is 35.9 Å². The van der Waals surface area contributed by atoms with Crippen LogP contribution in [0.15, 0.2) is 30.3 Å². The van der Waals surface area contributed by atoms with Crippen molar-refractivity contribution in [2.24, 2.45) is 0 Å². The number of hydrogen-bond acceptors (Lipinski definition) is 4. The third kappa shape index (κ3) is 5.17. The molecule has 0 spiro atoms. The summed E-state index contributed by atoms with van der Waals surface area (Å²) in [5.41, 5.74) is 0.903. The molecule has 1 aromatic carbocycles. The standard InChI is InChI=1S/C13H16O4/c1-2-16-13(15)10-17-12-7-3-5-11(9-12)6-4-8-14/h3-7,9,14H,2,8,10H2,1H3. The van der Waals surface area contributed by atoms with E-state index in [4.69, 9.17) is 14.6 Å². The third-order valence-electron chi connectivity index (χ3n) is 1.94. The van der Waals surface area contributed by atoms with Crippen LogP contribution in [0.5, 0.6) is 5.75 Å². The Morgan fingerprint density at radius 2 is 2.29 bits per heavy atom. The Labute approximate surface area is 100 Å². The van der Waals surface area contributed by atoms with Crippen LogP contribution in [0.25, 0.3) is 6.08 Å². The van der Waals surface area contributed by atoms with Gasteiger partial charge in [-0.05, 0) is 24.6 Å². The molecule has 0 atom stereocenters. The molecule has 0 aromatic heterocycles. The molecule has 0 radical (unpaired) electrons. The monoisotopic (exact) mass is 236 g/mol. The van der Waals surface area contributed by atoms with Crippen LogP contribution >= 0.6 is 0 Å². The van der Waals surface area contributed by atoms with E-state index < -0.39 is 0 Å². The van der Waals surface area contributed by atoms with Gasteiger partial charge in [-0.15, -0.1) is 0 Å². The van der Waals surface area contributed by atoms with Gasteiger partial charge in [0, 0.05) is 0 Å². The van der Waals surface area contributed by atoms with Crippen molar-refractivity contribution in [3.63, 3.8) is 0 Å². The minimum atomic E-state index is -0.385. The fraction of sp³-hybridized carbons (Fsp3) is 0.308. The van der Waals surface area contributed by atoms with Crippen molar-refractivity contribution >= 4 is 12.0 Å². The minimum absolute atomic E-state index is 0.00604. The fourth-order valence-corrected chi connectivity index (χ4v) is 1.24. The van der Waals surface area contributed by atoms with Gasteiger partial charge in [-0.2, -0.15) is 0 Å². The maximum absolute atomic E-state index is 11.1. The van der Waals surface area contributed by atoms with Gasteiger partial charge in [-0.3, -0.25) is 0 Å². The van der Waals surface area contributed by atoms with E-state index in [0.29, 0.717) is 12.4 Å². The molecule has 1 aromatic rings. The van der Waals surface area contributed by atoms with Crippen LogP contribution in [0, 0.1) is 0 Å². The second kappa shape index (κ2) is 7.46. The number of carbonyl (C=O) groups is 1. The van der Waals surface area contributed by atoms with Crippen LogP contribution in [-0.2, 0) is 9.53 Å². The Hall–Kier alpha value is -1.81. The predicted molar refractivity (Wildman–Crippen MR) is 64.7 cm³/mol. The SMILES string of the molecule is CCOC(=O)COc1cccc(C=CCO)c1. The van der Waals surface area contributed by atoms with Crippen LogP contribution in [0.1, 0.15) is 12.5 Å². The molecule has 0 saturated carbocycles. The molecule has 0 heterocycles. The van der Waals surface area contributed by atoms with Gasteiger partial charge in [-0.1, -0.05) is 24.3 Å². The lowest BCUT2D eigenvalue weighted by molar-refractivity contribution is -0.145. The second-order valence-electron chi connectivity index (χ2n) is 3.25. The zero-order valence-electron chi connectivity index (χ0n) is 9.76. The van der Waals surface area contributed by atoms with Crippen molar-refractivity contribution in [1.29, 1.82) is 0 Å². The lowest BCUT2D eigenvalue weighted by Gasteiger charge is -2.06. The molecule has 0 amide bonds. The number of hydrogen-bond donors (Lipinski definition) is 1. The summed E-state index contributed by atoms with van der Waals surface area (Å²) in [5, 5.41) is 8.65. The van der Waals surface area contributed by atoms with Gasteiger partial charge < -0.3 is 14.6 Å². The summed E-state index contributed by atoms with van der Waals surface area (Å²) in [6.07, 6.45) is 3.40. The highest BCUT2D eigenvalue weighted by molar-refractivity contribution is 5.71. The molecule has 0 fully saturated rings. The Balaban J connectivity index is 2.53. The Kier molecular flexibility index (Phi) is 5.82. The van der Waals surface area contributed by atoms with E-state index >= 15 is 0 Å². The molecule has 4 nitrogen and oxygen atoms in total. The van der Waals surface area contributed by atoms with Gasteiger partial charge >= 0.3 is 5.97 Å². The van der Waals surface area contributed by atoms with Gasteiger partial charge in [0.15, 0.2) is 6.61 Å². The van der Waals surface area contributed by atoms with Crippen molar-refractivity contribution in [3.8, 4) is 5.75 Å². The van der Waals surface area contributed by atoms with Crippen LogP contribution < -0.4 is 4.74 Å². The maximum atomic E-state index is 11.1. The van der Waals surface area contributed by atoms with Crippen molar-refractivity contribution in [2.75, 3.05) is 19.8 Å². The number of benzene rings is 1. The largest absolute Gasteiger partial charge is 0.482 e. The number of aliphatic hydroxyl groups excluding tert-OH is 1. The van der Waals surface area contributed by atoms with E-state index in [-0.39, 0.29) is 19.2 Å². The van der Waals surface area contributed by atoms with E-state index in [1.165, 1.54) is 0 Å². The van der Waals surface area contributed by atoms with Crippen LogP contribution in [-0.4, -0.2) is 30.9 Å². The third-order valence-corrected chi connectivity index (χ3v) is 1.94. The van der Waals surface area contributed by atoms with Crippen LogP contribution in [0.2, 0.25) is 0 Å². The Bertz CT molecular complexity index is 385. The number of aliphatic hydroxyl groups is 1. The van der Waals surface area contributed by atoms with Crippen molar-refractivity contribution in [2.45, 2.75) is 6.92 Å². The molecule has 0 aliphatic heterocycles.